The highest BCUT2D eigenvalue weighted by atomic mass is 16.5. The lowest BCUT2D eigenvalue weighted by molar-refractivity contribution is -0.122. The first-order chi connectivity index (χ1) is 10.2. The summed E-state index contributed by atoms with van der Waals surface area (Å²) in [4.78, 5) is 15.3. The highest BCUT2D eigenvalue weighted by Crippen LogP contribution is 2.29. The molecule has 0 aliphatic heterocycles. The number of ether oxygens (including phenoxy) is 1. The molecule has 1 aromatic heterocycles. The van der Waals surface area contributed by atoms with Crippen molar-refractivity contribution in [2.75, 3.05) is 13.7 Å². The van der Waals surface area contributed by atoms with Gasteiger partial charge in [-0.3, -0.25) is 4.79 Å². The van der Waals surface area contributed by atoms with Crippen molar-refractivity contribution in [1.82, 2.24) is 10.3 Å². The molecule has 1 aliphatic carbocycles. The van der Waals surface area contributed by atoms with E-state index in [9.17, 15) is 4.79 Å². The molecule has 1 aliphatic rings. The maximum Gasteiger partial charge on any atom is 0.222 e. The molecule has 4 heteroatoms. The lowest BCUT2D eigenvalue weighted by Crippen LogP contribution is -2.39. The Bertz CT molecular complexity index is 660. The Morgan fingerprint density at radius 2 is 2.33 bits per heavy atom. The molecule has 0 spiro atoms. The number of fused-ring (bicyclic) bond motifs is 3. The van der Waals surface area contributed by atoms with Crippen LogP contribution in [0.4, 0.5) is 0 Å². The summed E-state index contributed by atoms with van der Waals surface area (Å²) < 4.78 is 4.94. The Labute approximate surface area is 124 Å². The van der Waals surface area contributed by atoms with Gasteiger partial charge in [-0.05, 0) is 37.5 Å². The second-order valence-corrected chi connectivity index (χ2v) is 5.88. The predicted molar refractivity (Wildman–Crippen MR) is 83.5 cm³/mol. The number of benzene rings is 1. The average molecular weight is 286 g/mol. The summed E-state index contributed by atoms with van der Waals surface area (Å²) in [6.07, 6.45) is 3.36. The van der Waals surface area contributed by atoms with Crippen LogP contribution >= 0.6 is 0 Å². The molecule has 2 aromatic rings. The molecule has 21 heavy (non-hydrogen) atoms. The number of H-pyrrole nitrogens is 1. The topological polar surface area (TPSA) is 54.1 Å². The molecule has 0 fully saturated rings. The van der Waals surface area contributed by atoms with Gasteiger partial charge in [-0.25, -0.2) is 0 Å². The van der Waals surface area contributed by atoms with Gasteiger partial charge in [0.1, 0.15) is 0 Å². The van der Waals surface area contributed by atoms with Gasteiger partial charge < -0.3 is 15.0 Å². The molecule has 1 atom stereocenters. The largest absolute Gasteiger partial charge is 0.384 e. The van der Waals surface area contributed by atoms with E-state index in [1.54, 1.807) is 7.11 Å². The smallest absolute Gasteiger partial charge is 0.222 e. The number of aryl methyl sites for hydroxylation is 2. The van der Waals surface area contributed by atoms with Gasteiger partial charge in [0.2, 0.25) is 5.91 Å². The molecule has 0 saturated carbocycles. The van der Waals surface area contributed by atoms with E-state index >= 15 is 0 Å². The number of hydrogen-bond donors (Lipinski definition) is 2. The van der Waals surface area contributed by atoms with E-state index in [0.29, 0.717) is 13.0 Å². The van der Waals surface area contributed by atoms with Gasteiger partial charge in [0.05, 0.1) is 6.61 Å². The first-order valence-corrected chi connectivity index (χ1v) is 7.55. The minimum absolute atomic E-state index is 0.0808. The van der Waals surface area contributed by atoms with Crippen molar-refractivity contribution in [2.45, 2.75) is 38.6 Å². The lowest BCUT2D eigenvalue weighted by Gasteiger charge is -2.23. The van der Waals surface area contributed by atoms with Gasteiger partial charge in [-0.1, -0.05) is 11.6 Å². The van der Waals surface area contributed by atoms with Crippen LogP contribution in [-0.4, -0.2) is 30.6 Å². The number of aromatic nitrogens is 1. The van der Waals surface area contributed by atoms with E-state index in [0.717, 1.165) is 19.3 Å². The van der Waals surface area contributed by atoms with E-state index in [2.05, 4.69) is 35.4 Å². The van der Waals surface area contributed by atoms with Crippen molar-refractivity contribution >= 4 is 16.8 Å². The first kappa shape index (κ1) is 14.1. The summed E-state index contributed by atoms with van der Waals surface area (Å²) in [5, 5.41) is 4.45. The Morgan fingerprint density at radius 3 is 3.14 bits per heavy atom. The van der Waals surface area contributed by atoms with Crippen LogP contribution in [0, 0.1) is 6.92 Å². The third kappa shape index (κ3) is 2.95. The van der Waals surface area contributed by atoms with Gasteiger partial charge in [0.15, 0.2) is 0 Å². The monoisotopic (exact) mass is 286 g/mol. The van der Waals surface area contributed by atoms with Crippen molar-refractivity contribution in [3.05, 3.63) is 35.0 Å². The number of rotatable bonds is 4. The number of carbonyl (C=O) groups excluding carboxylic acids is 1. The van der Waals surface area contributed by atoms with E-state index in [1.807, 2.05) is 0 Å². The van der Waals surface area contributed by atoms with Crippen molar-refractivity contribution in [3.63, 3.8) is 0 Å². The van der Waals surface area contributed by atoms with Crippen LogP contribution in [0.3, 0.4) is 0 Å². The number of amides is 1. The number of hydrogen-bond acceptors (Lipinski definition) is 2. The highest BCUT2D eigenvalue weighted by molar-refractivity contribution is 5.85. The second kappa shape index (κ2) is 5.90. The van der Waals surface area contributed by atoms with E-state index in [1.165, 1.54) is 27.7 Å². The molecular weight excluding hydrogens is 264 g/mol. The van der Waals surface area contributed by atoms with Crippen LogP contribution in [0.15, 0.2) is 18.2 Å². The van der Waals surface area contributed by atoms with Crippen molar-refractivity contribution < 1.29 is 9.53 Å². The van der Waals surface area contributed by atoms with E-state index in [-0.39, 0.29) is 11.9 Å². The van der Waals surface area contributed by atoms with Gasteiger partial charge >= 0.3 is 0 Å². The second-order valence-electron chi connectivity index (χ2n) is 5.88. The third-order valence-electron chi connectivity index (χ3n) is 4.24. The van der Waals surface area contributed by atoms with Crippen molar-refractivity contribution in [2.24, 2.45) is 0 Å². The summed E-state index contributed by atoms with van der Waals surface area (Å²) in [6.45, 7) is 2.61. The fourth-order valence-corrected chi connectivity index (χ4v) is 3.16. The van der Waals surface area contributed by atoms with Crippen LogP contribution < -0.4 is 5.32 Å². The molecule has 1 heterocycles. The third-order valence-corrected chi connectivity index (χ3v) is 4.24. The molecule has 0 saturated heterocycles. The molecule has 2 N–H and O–H groups in total. The maximum atomic E-state index is 11.8. The molecule has 112 valence electrons. The van der Waals surface area contributed by atoms with E-state index < -0.39 is 0 Å². The molecule has 4 nitrogen and oxygen atoms in total. The SMILES string of the molecule is COCCC(=O)NC1CCc2c([nH]c3ccc(C)cc23)C1. The van der Waals surface area contributed by atoms with Crippen LogP contribution in [0.2, 0.25) is 0 Å². The average Bonchev–Trinajstić information content (AvgIpc) is 2.82. The van der Waals surface area contributed by atoms with Crippen molar-refractivity contribution in [1.29, 1.82) is 0 Å². The van der Waals surface area contributed by atoms with Gasteiger partial charge in [-0.15, -0.1) is 0 Å². The Kier molecular flexibility index (Phi) is 3.97. The summed E-state index contributed by atoms with van der Waals surface area (Å²) in [7, 11) is 1.62. The molecule has 0 bridgehead atoms. The standard InChI is InChI=1S/C17H22N2O2/c1-11-3-6-15-14(9-11)13-5-4-12(10-16(13)19-15)18-17(20)7-8-21-2/h3,6,9,12,19H,4-5,7-8,10H2,1-2H3,(H,18,20). The van der Waals surface area contributed by atoms with Crippen LogP contribution in [0.25, 0.3) is 10.9 Å². The molecule has 0 radical (unpaired) electrons. The molecular formula is C17H22N2O2. The van der Waals surface area contributed by atoms with Crippen molar-refractivity contribution in [3.8, 4) is 0 Å². The maximum absolute atomic E-state index is 11.8. The minimum atomic E-state index is 0.0808. The molecule has 1 aromatic carbocycles. The highest BCUT2D eigenvalue weighted by Gasteiger charge is 2.23. The fourth-order valence-electron chi connectivity index (χ4n) is 3.16. The van der Waals surface area contributed by atoms with Gasteiger partial charge in [0.25, 0.3) is 0 Å². The summed E-state index contributed by atoms with van der Waals surface area (Å²) >= 11 is 0. The number of methoxy groups -OCH3 is 1. The summed E-state index contributed by atoms with van der Waals surface area (Å²) in [5.74, 6) is 0.0808. The van der Waals surface area contributed by atoms with Gasteiger partial charge in [-0.2, -0.15) is 0 Å². The van der Waals surface area contributed by atoms with Crippen LogP contribution in [-0.2, 0) is 22.4 Å². The fraction of sp³-hybridized carbons (Fsp3) is 0.471. The minimum Gasteiger partial charge on any atom is -0.384 e. The van der Waals surface area contributed by atoms with Gasteiger partial charge in [0, 0.05) is 42.6 Å². The van der Waals surface area contributed by atoms with Crippen LogP contribution in [0.5, 0.6) is 0 Å². The first-order valence-electron chi connectivity index (χ1n) is 7.55. The number of nitrogens with one attached hydrogen (secondary N) is 2. The lowest BCUT2D eigenvalue weighted by atomic mass is 9.91. The summed E-state index contributed by atoms with van der Waals surface area (Å²) in [5.41, 5.74) is 5.20. The number of aromatic amines is 1. The summed E-state index contributed by atoms with van der Waals surface area (Å²) in [6, 6.07) is 6.77. The quantitative estimate of drug-likeness (QED) is 0.907. The van der Waals surface area contributed by atoms with E-state index in [4.69, 9.17) is 4.74 Å². The molecule has 3 rings (SSSR count). The van der Waals surface area contributed by atoms with Crippen LogP contribution in [0.1, 0.15) is 29.7 Å². The number of carbonyl (C=O) groups is 1. The zero-order valence-corrected chi connectivity index (χ0v) is 12.7. The Balaban J connectivity index is 1.74. The Morgan fingerprint density at radius 1 is 1.48 bits per heavy atom. The normalized spacial score (nSPS) is 17.7. The Hall–Kier alpha value is -1.81. The zero-order chi connectivity index (χ0) is 14.8. The predicted octanol–water partition coefficient (Wildman–Crippen LogP) is 2.49. The zero-order valence-electron chi connectivity index (χ0n) is 12.7. The molecule has 1 unspecified atom stereocenters. The molecule has 1 amide bonds.